The molecule has 0 saturated carbocycles. The van der Waals surface area contributed by atoms with E-state index in [1.54, 1.807) is 0 Å². The Bertz CT molecular complexity index is 553. The van der Waals surface area contributed by atoms with Gasteiger partial charge in [-0.25, -0.2) is 17.5 Å². The number of aliphatic hydroxyl groups is 1. The molecule has 0 radical (unpaired) electrons. The van der Waals surface area contributed by atoms with Gasteiger partial charge < -0.3 is 9.84 Å². The van der Waals surface area contributed by atoms with Crippen molar-refractivity contribution in [2.24, 2.45) is 5.41 Å². The highest BCUT2D eigenvalue weighted by molar-refractivity contribution is 7.88. The van der Waals surface area contributed by atoms with Gasteiger partial charge in [0.2, 0.25) is 10.0 Å². The molecule has 1 fully saturated rings. The SMILES string of the molecule is O=S(=O)(Cc1ccc(F)cc1)NCC1(CO)CCOCC1. The maximum atomic E-state index is 12.8. The fourth-order valence-corrected chi connectivity index (χ4v) is 3.57. The zero-order valence-corrected chi connectivity index (χ0v) is 12.5. The summed E-state index contributed by atoms with van der Waals surface area (Å²) in [5.74, 6) is -0.601. The fraction of sp³-hybridized carbons (Fsp3) is 0.571. The topological polar surface area (TPSA) is 75.6 Å². The highest BCUT2D eigenvalue weighted by Crippen LogP contribution is 2.29. The molecule has 2 N–H and O–H groups in total. The minimum Gasteiger partial charge on any atom is -0.396 e. The number of benzene rings is 1. The van der Waals surface area contributed by atoms with Crippen LogP contribution in [-0.2, 0) is 20.5 Å². The van der Waals surface area contributed by atoms with Crippen LogP contribution in [0.4, 0.5) is 4.39 Å². The van der Waals surface area contributed by atoms with E-state index in [1.165, 1.54) is 24.3 Å². The van der Waals surface area contributed by atoms with Crippen molar-refractivity contribution in [1.82, 2.24) is 4.72 Å². The zero-order valence-electron chi connectivity index (χ0n) is 11.7. The molecule has 0 spiro atoms. The van der Waals surface area contributed by atoms with Crippen LogP contribution < -0.4 is 4.72 Å². The Hall–Kier alpha value is -1.02. The summed E-state index contributed by atoms with van der Waals surface area (Å²) in [6, 6.07) is 5.37. The molecule has 0 bridgehead atoms. The third-order valence-electron chi connectivity index (χ3n) is 3.83. The average Bonchev–Trinajstić information content (AvgIpc) is 2.49. The highest BCUT2D eigenvalue weighted by atomic mass is 32.2. The van der Waals surface area contributed by atoms with Gasteiger partial charge in [0, 0.05) is 25.2 Å². The Balaban J connectivity index is 1.95. The number of hydrogen-bond donors (Lipinski definition) is 2. The first-order valence-corrected chi connectivity index (χ1v) is 8.50. The van der Waals surface area contributed by atoms with Crippen molar-refractivity contribution in [2.75, 3.05) is 26.4 Å². The molecule has 0 aromatic heterocycles. The lowest BCUT2D eigenvalue weighted by molar-refractivity contribution is -0.0126. The minimum absolute atomic E-state index is 0.0740. The van der Waals surface area contributed by atoms with Crippen LogP contribution in [0.25, 0.3) is 0 Å². The highest BCUT2D eigenvalue weighted by Gasteiger charge is 2.33. The van der Waals surface area contributed by atoms with E-state index in [9.17, 15) is 17.9 Å². The smallest absolute Gasteiger partial charge is 0.215 e. The van der Waals surface area contributed by atoms with Gasteiger partial charge in [-0.1, -0.05) is 12.1 Å². The first-order chi connectivity index (χ1) is 9.95. The summed E-state index contributed by atoms with van der Waals surface area (Å²) in [7, 11) is -3.52. The van der Waals surface area contributed by atoms with Crippen molar-refractivity contribution in [3.8, 4) is 0 Å². The lowest BCUT2D eigenvalue weighted by atomic mass is 9.81. The molecule has 2 rings (SSSR count). The molecule has 5 nitrogen and oxygen atoms in total. The number of nitrogens with one attached hydrogen (secondary N) is 1. The summed E-state index contributed by atoms with van der Waals surface area (Å²) >= 11 is 0. The summed E-state index contributed by atoms with van der Waals surface area (Å²) in [5, 5.41) is 9.53. The van der Waals surface area contributed by atoms with Crippen LogP contribution in [0.5, 0.6) is 0 Å². The van der Waals surface area contributed by atoms with E-state index in [1.807, 2.05) is 0 Å². The second-order valence-corrected chi connectivity index (χ2v) is 7.28. The molecule has 0 unspecified atom stereocenters. The Labute approximate surface area is 124 Å². The zero-order chi connectivity index (χ0) is 15.3. The van der Waals surface area contributed by atoms with Crippen LogP contribution in [0.3, 0.4) is 0 Å². The molecule has 1 aliphatic heterocycles. The lowest BCUT2D eigenvalue weighted by Crippen LogP contribution is -2.43. The number of rotatable bonds is 6. The van der Waals surface area contributed by atoms with Gasteiger partial charge in [-0.15, -0.1) is 0 Å². The molecule has 1 aromatic rings. The Kier molecular flexibility index (Phi) is 5.32. The minimum atomic E-state index is -3.52. The van der Waals surface area contributed by atoms with E-state index in [-0.39, 0.29) is 18.9 Å². The predicted octanol–water partition coefficient (Wildman–Crippen LogP) is 1.03. The van der Waals surface area contributed by atoms with Gasteiger partial charge in [0.05, 0.1) is 12.4 Å². The lowest BCUT2D eigenvalue weighted by Gasteiger charge is -2.35. The quantitative estimate of drug-likeness (QED) is 0.822. The van der Waals surface area contributed by atoms with Gasteiger partial charge in [0.25, 0.3) is 0 Å². The predicted molar refractivity (Wildman–Crippen MR) is 76.6 cm³/mol. The van der Waals surface area contributed by atoms with E-state index in [0.717, 1.165) is 0 Å². The van der Waals surface area contributed by atoms with Crippen molar-refractivity contribution < 1.29 is 22.7 Å². The number of ether oxygens (including phenoxy) is 1. The monoisotopic (exact) mass is 317 g/mol. The molecular formula is C14H20FNO4S. The maximum absolute atomic E-state index is 12.8. The van der Waals surface area contributed by atoms with Crippen LogP contribution in [0, 0.1) is 11.2 Å². The number of sulfonamides is 1. The van der Waals surface area contributed by atoms with E-state index in [4.69, 9.17) is 4.74 Å². The van der Waals surface area contributed by atoms with E-state index < -0.39 is 21.3 Å². The normalized spacial score (nSPS) is 18.6. The summed E-state index contributed by atoms with van der Waals surface area (Å²) in [4.78, 5) is 0. The molecule has 7 heteroatoms. The Morgan fingerprint density at radius 1 is 1.24 bits per heavy atom. The molecule has 1 aliphatic rings. The van der Waals surface area contributed by atoms with Crippen LogP contribution in [0.15, 0.2) is 24.3 Å². The van der Waals surface area contributed by atoms with Crippen molar-refractivity contribution in [3.05, 3.63) is 35.6 Å². The molecule has 1 saturated heterocycles. The molecule has 0 amide bonds. The molecule has 0 aliphatic carbocycles. The maximum Gasteiger partial charge on any atom is 0.215 e. The summed E-state index contributed by atoms with van der Waals surface area (Å²) in [5.41, 5.74) is 0.0719. The van der Waals surface area contributed by atoms with Crippen LogP contribution in [-0.4, -0.2) is 39.9 Å². The standard InChI is InChI=1S/C14H20FNO4S/c15-13-3-1-12(2-4-13)9-21(18,19)16-10-14(11-17)5-7-20-8-6-14/h1-4,16-17H,5-11H2. The van der Waals surface area contributed by atoms with Gasteiger partial charge in [-0.05, 0) is 30.5 Å². The third kappa shape index (κ3) is 4.74. The van der Waals surface area contributed by atoms with Gasteiger partial charge in [0.15, 0.2) is 0 Å². The second-order valence-electron chi connectivity index (χ2n) is 5.48. The van der Waals surface area contributed by atoms with Gasteiger partial charge in [0.1, 0.15) is 5.82 Å². The summed E-state index contributed by atoms with van der Waals surface area (Å²) in [6.45, 7) is 1.17. The molecule has 21 heavy (non-hydrogen) atoms. The second kappa shape index (κ2) is 6.83. The number of hydrogen-bond acceptors (Lipinski definition) is 4. The molecule has 0 atom stereocenters. The first kappa shape index (κ1) is 16.4. The Morgan fingerprint density at radius 2 is 1.86 bits per heavy atom. The largest absolute Gasteiger partial charge is 0.396 e. The average molecular weight is 317 g/mol. The summed E-state index contributed by atoms with van der Waals surface area (Å²) in [6.07, 6.45) is 1.26. The molecule has 118 valence electrons. The fourth-order valence-electron chi connectivity index (χ4n) is 2.31. The van der Waals surface area contributed by atoms with Crippen molar-refractivity contribution >= 4 is 10.0 Å². The van der Waals surface area contributed by atoms with Gasteiger partial charge in [-0.3, -0.25) is 0 Å². The summed E-state index contributed by atoms with van der Waals surface area (Å²) < 4.78 is 44.7. The first-order valence-electron chi connectivity index (χ1n) is 6.85. The Morgan fingerprint density at radius 3 is 2.43 bits per heavy atom. The van der Waals surface area contributed by atoms with Crippen LogP contribution >= 0.6 is 0 Å². The third-order valence-corrected chi connectivity index (χ3v) is 5.12. The number of halogens is 1. The van der Waals surface area contributed by atoms with E-state index >= 15 is 0 Å². The van der Waals surface area contributed by atoms with Crippen LogP contribution in [0.2, 0.25) is 0 Å². The molecule has 1 heterocycles. The van der Waals surface area contributed by atoms with Gasteiger partial charge >= 0.3 is 0 Å². The molecule has 1 aromatic carbocycles. The van der Waals surface area contributed by atoms with Crippen molar-refractivity contribution in [3.63, 3.8) is 0 Å². The number of aliphatic hydroxyl groups excluding tert-OH is 1. The van der Waals surface area contributed by atoms with E-state index in [0.29, 0.717) is 31.6 Å². The van der Waals surface area contributed by atoms with Crippen molar-refractivity contribution in [2.45, 2.75) is 18.6 Å². The van der Waals surface area contributed by atoms with E-state index in [2.05, 4.69) is 4.72 Å². The van der Waals surface area contributed by atoms with Crippen molar-refractivity contribution in [1.29, 1.82) is 0 Å². The van der Waals surface area contributed by atoms with Gasteiger partial charge in [-0.2, -0.15) is 0 Å². The van der Waals surface area contributed by atoms with Crippen LogP contribution in [0.1, 0.15) is 18.4 Å². The molecular weight excluding hydrogens is 297 g/mol.